The van der Waals surface area contributed by atoms with Gasteiger partial charge in [0.2, 0.25) is 0 Å². The predicted octanol–water partition coefficient (Wildman–Crippen LogP) is 4.40. The first-order chi connectivity index (χ1) is 10.7. The van der Waals surface area contributed by atoms with Gasteiger partial charge >= 0.3 is 0 Å². The van der Waals surface area contributed by atoms with Crippen molar-refractivity contribution < 1.29 is 0 Å². The quantitative estimate of drug-likeness (QED) is 0.695. The second-order valence-corrected chi connectivity index (χ2v) is 6.01. The van der Waals surface area contributed by atoms with E-state index in [4.69, 9.17) is 0 Å². The highest BCUT2D eigenvalue weighted by Crippen LogP contribution is 2.32. The van der Waals surface area contributed by atoms with Crippen molar-refractivity contribution in [2.45, 2.75) is 33.7 Å². The Morgan fingerprint density at radius 1 is 1.09 bits per heavy atom. The lowest BCUT2D eigenvalue weighted by atomic mass is 10.2. The van der Waals surface area contributed by atoms with E-state index in [0.29, 0.717) is 6.04 Å². The fraction of sp³-hybridized carbons (Fsp3) is 0.421. The Balaban J connectivity index is 2.21. The monoisotopic (exact) mass is 295 g/mol. The van der Waals surface area contributed by atoms with Gasteiger partial charge in [0.15, 0.2) is 0 Å². The molecule has 0 fully saturated rings. The molecule has 3 rings (SSSR count). The summed E-state index contributed by atoms with van der Waals surface area (Å²) in [6.07, 6.45) is 1.92. The van der Waals surface area contributed by atoms with E-state index in [0.717, 1.165) is 25.3 Å². The van der Waals surface area contributed by atoms with E-state index in [1.54, 1.807) is 0 Å². The molecule has 0 bridgehead atoms. The average Bonchev–Trinajstić information content (AvgIpc) is 2.88. The van der Waals surface area contributed by atoms with Gasteiger partial charge in [-0.3, -0.25) is 4.98 Å². The highest BCUT2D eigenvalue weighted by atomic mass is 15.2. The summed E-state index contributed by atoms with van der Waals surface area (Å²) in [4.78, 5) is 7.01. The fourth-order valence-corrected chi connectivity index (χ4v) is 3.51. The third-order valence-corrected chi connectivity index (χ3v) is 4.66. The molecule has 1 atom stereocenters. The van der Waals surface area contributed by atoms with Crippen molar-refractivity contribution in [3.8, 4) is 0 Å². The van der Waals surface area contributed by atoms with E-state index in [1.165, 1.54) is 21.8 Å². The maximum absolute atomic E-state index is 4.53. The Bertz CT molecular complexity index is 784. The largest absolute Gasteiger partial charge is 0.335 e. The normalized spacial score (nSPS) is 13.3. The van der Waals surface area contributed by atoms with E-state index in [9.17, 15) is 0 Å². The van der Waals surface area contributed by atoms with Crippen LogP contribution in [0.25, 0.3) is 21.8 Å². The Morgan fingerprint density at radius 3 is 2.55 bits per heavy atom. The summed E-state index contributed by atoms with van der Waals surface area (Å²) in [6.45, 7) is 12.1. The van der Waals surface area contributed by atoms with Crippen molar-refractivity contribution in [3.63, 3.8) is 0 Å². The Hall–Kier alpha value is -1.87. The minimum Gasteiger partial charge on any atom is -0.335 e. The Labute approximate surface area is 132 Å². The van der Waals surface area contributed by atoms with Crippen LogP contribution >= 0.6 is 0 Å². The molecule has 0 saturated heterocycles. The maximum Gasteiger partial charge on any atom is 0.0710 e. The molecule has 0 saturated carbocycles. The van der Waals surface area contributed by atoms with Crippen molar-refractivity contribution in [2.24, 2.45) is 0 Å². The lowest BCUT2D eigenvalue weighted by Gasteiger charge is -2.25. The summed E-state index contributed by atoms with van der Waals surface area (Å²) >= 11 is 0. The molecule has 3 nitrogen and oxygen atoms in total. The minimum atomic E-state index is 0.421. The van der Waals surface area contributed by atoms with Gasteiger partial charge in [-0.15, -0.1) is 0 Å². The van der Waals surface area contributed by atoms with Crippen LogP contribution in [0, 0.1) is 6.92 Å². The molecule has 1 aromatic carbocycles. The van der Waals surface area contributed by atoms with Crippen LogP contribution < -0.4 is 0 Å². The number of hydrogen-bond acceptors (Lipinski definition) is 2. The van der Waals surface area contributed by atoms with Crippen LogP contribution in [0.5, 0.6) is 0 Å². The highest BCUT2D eigenvalue weighted by molar-refractivity contribution is 6.08. The third kappa shape index (κ3) is 2.40. The van der Waals surface area contributed by atoms with Crippen molar-refractivity contribution >= 4 is 21.8 Å². The standard InChI is InChI=1S/C19H25N3/c1-5-21(6-2)13-14(3)22-18-10-8-7-9-16(18)17-11-12-20-15(4)19(17)22/h7-12,14H,5-6,13H2,1-4H3. The van der Waals surface area contributed by atoms with Gasteiger partial charge in [0.25, 0.3) is 0 Å². The zero-order valence-corrected chi connectivity index (χ0v) is 14.0. The van der Waals surface area contributed by atoms with Gasteiger partial charge in [0.05, 0.1) is 11.2 Å². The molecule has 0 amide bonds. The van der Waals surface area contributed by atoms with Crippen LogP contribution in [0.4, 0.5) is 0 Å². The van der Waals surface area contributed by atoms with Gasteiger partial charge in [0, 0.05) is 35.1 Å². The number of likely N-dealkylation sites (N-methyl/N-ethyl adjacent to an activating group) is 1. The molecule has 116 valence electrons. The number of aromatic nitrogens is 2. The molecule has 0 aliphatic carbocycles. The Kier molecular flexibility index (Phi) is 4.16. The molecule has 22 heavy (non-hydrogen) atoms. The van der Waals surface area contributed by atoms with Crippen molar-refractivity contribution in [3.05, 3.63) is 42.2 Å². The van der Waals surface area contributed by atoms with Gasteiger partial charge in [-0.05, 0) is 39.1 Å². The number of para-hydroxylation sites is 1. The van der Waals surface area contributed by atoms with E-state index in [1.807, 2.05) is 6.20 Å². The molecule has 2 aromatic heterocycles. The molecule has 1 unspecified atom stereocenters. The predicted molar refractivity (Wildman–Crippen MR) is 94.5 cm³/mol. The van der Waals surface area contributed by atoms with Gasteiger partial charge in [-0.25, -0.2) is 0 Å². The lowest BCUT2D eigenvalue weighted by molar-refractivity contribution is 0.265. The number of aryl methyl sites for hydroxylation is 1. The van der Waals surface area contributed by atoms with Crippen molar-refractivity contribution in [2.75, 3.05) is 19.6 Å². The summed E-state index contributed by atoms with van der Waals surface area (Å²) in [7, 11) is 0. The number of pyridine rings is 1. The van der Waals surface area contributed by atoms with Gasteiger partial charge in [0.1, 0.15) is 0 Å². The second kappa shape index (κ2) is 6.09. The van der Waals surface area contributed by atoms with Crippen LogP contribution in [0.2, 0.25) is 0 Å². The summed E-state index contributed by atoms with van der Waals surface area (Å²) in [5.41, 5.74) is 3.71. The summed E-state index contributed by atoms with van der Waals surface area (Å²) in [5.74, 6) is 0. The average molecular weight is 295 g/mol. The number of fused-ring (bicyclic) bond motifs is 3. The molecule has 0 N–H and O–H groups in total. The Morgan fingerprint density at radius 2 is 1.82 bits per heavy atom. The topological polar surface area (TPSA) is 21.1 Å². The van der Waals surface area contributed by atoms with Crippen molar-refractivity contribution in [1.82, 2.24) is 14.5 Å². The number of nitrogens with zero attached hydrogens (tertiary/aromatic N) is 3. The molecule has 0 aliphatic rings. The molecule has 0 spiro atoms. The van der Waals surface area contributed by atoms with Crippen LogP contribution in [0.3, 0.4) is 0 Å². The molecule has 2 heterocycles. The molecule has 0 radical (unpaired) electrons. The van der Waals surface area contributed by atoms with E-state index < -0.39 is 0 Å². The highest BCUT2D eigenvalue weighted by Gasteiger charge is 2.18. The molecule has 0 aliphatic heterocycles. The number of rotatable bonds is 5. The van der Waals surface area contributed by atoms with Crippen LogP contribution in [-0.2, 0) is 0 Å². The van der Waals surface area contributed by atoms with E-state index >= 15 is 0 Å². The summed E-state index contributed by atoms with van der Waals surface area (Å²) in [5, 5.41) is 2.64. The first kappa shape index (κ1) is 15.0. The SMILES string of the molecule is CCN(CC)CC(C)n1c2ccccc2c2ccnc(C)c21. The lowest BCUT2D eigenvalue weighted by Crippen LogP contribution is -2.29. The first-order valence-electron chi connectivity index (χ1n) is 8.24. The van der Waals surface area contributed by atoms with Crippen LogP contribution in [0.15, 0.2) is 36.5 Å². The first-order valence-corrected chi connectivity index (χ1v) is 8.24. The fourth-order valence-electron chi connectivity index (χ4n) is 3.51. The van der Waals surface area contributed by atoms with Crippen LogP contribution in [0.1, 0.15) is 32.5 Å². The maximum atomic E-state index is 4.53. The zero-order valence-electron chi connectivity index (χ0n) is 14.0. The van der Waals surface area contributed by atoms with Gasteiger partial charge in [-0.2, -0.15) is 0 Å². The van der Waals surface area contributed by atoms with E-state index in [2.05, 4.69) is 72.5 Å². The van der Waals surface area contributed by atoms with Gasteiger partial charge < -0.3 is 9.47 Å². The molecule has 3 heteroatoms. The zero-order chi connectivity index (χ0) is 15.7. The molecular weight excluding hydrogens is 270 g/mol. The van der Waals surface area contributed by atoms with Gasteiger partial charge in [-0.1, -0.05) is 32.0 Å². The second-order valence-electron chi connectivity index (χ2n) is 6.01. The molecule has 3 aromatic rings. The molecular formula is C19H25N3. The van der Waals surface area contributed by atoms with Crippen LogP contribution in [-0.4, -0.2) is 34.1 Å². The smallest absolute Gasteiger partial charge is 0.0710 e. The van der Waals surface area contributed by atoms with Crippen molar-refractivity contribution in [1.29, 1.82) is 0 Å². The minimum absolute atomic E-state index is 0.421. The summed E-state index contributed by atoms with van der Waals surface area (Å²) in [6, 6.07) is 11.3. The summed E-state index contributed by atoms with van der Waals surface area (Å²) < 4.78 is 2.48. The van der Waals surface area contributed by atoms with E-state index in [-0.39, 0.29) is 0 Å². The third-order valence-electron chi connectivity index (χ3n) is 4.66. The number of hydrogen-bond donors (Lipinski definition) is 0. The number of benzene rings is 1.